The minimum atomic E-state index is 0.575. The summed E-state index contributed by atoms with van der Waals surface area (Å²) in [6.07, 6.45) is 0. The first-order valence-corrected chi connectivity index (χ1v) is 4.40. The number of hydrogen-bond donors (Lipinski definition) is 0. The zero-order valence-corrected chi connectivity index (χ0v) is 8.00. The number of rotatable bonds is 3. The van der Waals surface area contributed by atoms with Crippen molar-refractivity contribution in [3.8, 4) is 0 Å². The molecule has 0 saturated carbocycles. The molecule has 5 nitrogen and oxygen atoms in total. The highest BCUT2D eigenvalue weighted by molar-refractivity contribution is 5.14. The lowest BCUT2D eigenvalue weighted by Crippen LogP contribution is -2.23. The van der Waals surface area contributed by atoms with E-state index < -0.39 is 0 Å². The van der Waals surface area contributed by atoms with E-state index in [-0.39, 0.29) is 0 Å². The average Bonchev–Trinajstić information content (AvgIpc) is 2.67. The first kappa shape index (κ1) is 8.96. The Morgan fingerprint density at radius 1 is 1.29 bits per heavy atom. The highest BCUT2D eigenvalue weighted by Crippen LogP contribution is 2.11. The molecule has 1 aromatic rings. The van der Waals surface area contributed by atoms with Gasteiger partial charge in [-0.3, -0.25) is 4.84 Å². The molecule has 1 aromatic carbocycles. The Morgan fingerprint density at radius 2 is 2.07 bits per heavy atom. The lowest BCUT2D eigenvalue weighted by molar-refractivity contribution is -0.137. The van der Waals surface area contributed by atoms with Crippen molar-refractivity contribution >= 4 is 0 Å². The number of benzene rings is 1. The first-order chi connectivity index (χ1) is 6.88. The largest absolute Gasteiger partial charge is 0.257 e. The lowest BCUT2D eigenvalue weighted by Gasteiger charge is -2.13. The van der Waals surface area contributed by atoms with Gasteiger partial charge in [-0.2, -0.15) is 0 Å². The number of hydroxylamine groups is 1. The van der Waals surface area contributed by atoms with Crippen molar-refractivity contribution in [3.05, 3.63) is 35.9 Å². The van der Waals surface area contributed by atoms with Crippen LogP contribution in [0.3, 0.4) is 0 Å². The van der Waals surface area contributed by atoms with Crippen molar-refractivity contribution in [1.29, 1.82) is 0 Å². The minimum absolute atomic E-state index is 0.575. The van der Waals surface area contributed by atoms with E-state index in [0.717, 1.165) is 6.54 Å². The molecule has 74 valence electrons. The molecule has 0 bridgehead atoms. The van der Waals surface area contributed by atoms with Crippen LogP contribution in [0.25, 0.3) is 0 Å². The third-order valence-electron chi connectivity index (χ3n) is 1.97. The molecule has 5 heteroatoms. The van der Waals surface area contributed by atoms with Crippen molar-refractivity contribution in [2.24, 2.45) is 10.4 Å². The third kappa shape index (κ3) is 2.00. The van der Waals surface area contributed by atoms with Crippen LogP contribution in [0, 0.1) is 0 Å². The van der Waals surface area contributed by atoms with Gasteiger partial charge in [0.15, 0.2) is 6.67 Å². The molecule has 0 N–H and O–H groups in total. The summed E-state index contributed by atoms with van der Waals surface area (Å²) < 4.78 is 0. The molecule has 14 heavy (non-hydrogen) atoms. The van der Waals surface area contributed by atoms with Crippen molar-refractivity contribution in [2.75, 3.05) is 13.8 Å². The fraction of sp³-hybridized carbons (Fsp3) is 0.333. The van der Waals surface area contributed by atoms with E-state index in [2.05, 4.69) is 22.6 Å². The summed E-state index contributed by atoms with van der Waals surface area (Å²) in [5.41, 5.74) is 1.21. The molecule has 0 amide bonds. The molecule has 0 aromatic heterocycles. The summed E-state index contributed by atoms with van der Waals surface area (Å²) in [5, 5.41) is 11.0. The molecule has 1 heterocycles. The smallest absolute Gasteiger partial charge is 0.155 e. The van der Waals surface area contributed by atoms with Crippen LogP contribution in [-0.2, 0) is 11.4 Å². The molecule has 0 fully saturated rings. The molecular formula is C9H12N4O. The van der Waals surface area contributed by atoms with Crippen molar-refractivity contribution < 1.29 is 4.84 Å². The second-order valence-electron chi connectivity index (χ2n) is 3.01. The Hall–Kier alpha value is -1.62. The SMILES string of the molecule is CON1CN(Cc2ccccc2)N=N1. The molecule has 0 spiro atoms. The number of hydrogen-bond acceptors (Lipinski definition) is 5. The lowest BCUT2D eigenvalue weighted by atomic mass is 10.2. The summed E-state index contributed by atoms with van der Waals surface area (Å²) in [7, 11) is 1.57. The van der Waals surface area contributed by atoms with E-state index in [9.17, 15) is 0 Å². The van der Waals surface area contributed by atoms with Gasteiger partial charge < -0.3 is 0 Å². The van der Waals surface area contributed by atoms with Crippen LogP contribution >= 0.6 is 0 Å². The average molecular weight is 192 g/mol. The van der Waals surface area contributed by atoms with Gasteiger partial charge in [0.05, 0.1) is 13.7 Å². The topological polar surface area (TPSA) is 40.4 Å². The number of nitrogens with zero attached hydrogens (tertiary/aromatic N) is 4. The van der Waals surface area contributed by atoms with Crippen LogP contribution in [0.4, 0.5) is 0 Å². The molecular weight excluding hydrogens is 180 g/mol. The summed E-state index contributed by atoms with van der Waals surface area (Å²) in [6, 6.07) is 10.1. The van der Waals surface area contributed by atoms with E-state index in [0.29, 0.717) is 6.67 Å². The zero-order valence-electron chi connectivity index (χ0n) is 8.00. The second-order valence-corrected chi connectivity index (χ2v) is 3.01. The Balaban J connectivity index is 1.92. The van der Waals surface area contributed by atoms with E-state index in [1.807, 2.05) is 23.2 Å². The molecule has 0 radical (unpaired) electrons. The van der Waals surface area contributed by atoms with Gasteiger partial charge in [0, 0.05) is 0 Å². The van der Waals surface area contributed by atoms with Crippen molar-refractivity contribution in [1.82, 2.24) is 10.2 Å². The fourth-order valence-corrected chi connectivity index (χ4v) is 1.27. The van der Waals surface area contributed by atoms with Gasteiger partial charge in [0.25, 0.3) is 0 Å². The quantitative estimate of drug-likeness (QED) is 0.730. The zero-order chi connectivity index (χ0) is 9.80. The molecule has 0 unspecified atom stereocenters. The van der Waals surface area contributed by atoms with E-state index >= 15 is 0 Å². The molecule has 1 aliphatic rings. The van der Waals surface area contributed by atoms with Crippen molar-refractivity contribution in [2.45, 2.75) is 6.54 Å². The summed E-state index contributed by atoms with van der Waals surface area (Å²) in [6.45, 7) is 1.33. The van der Waals surface area contributed by atoms with Gasteiger partial charge in [0.1, 0.15) is 0 Å². The summed E-state index contributed by atoms with van der Waals surface area (Å²) in [5.74, 6) is 0. The van der Waals surface area contributed by atoms with Crippen LogP contribution in [-0.4, -0.2) is 24.0 Å². The maximum absolute atomic E-state index is 4.91. The highest BCUT2D eigenvalue weighted by atomic mass is 16.7. The second kappa shape index (κ2) is 4.06. The summed E-state index contributed by atoms with van der Waals surface area (Å²) in [4.78, 5) is 4.91. The third-order valence-corrected chi connectivity index (χ3v) is 1.97. The van der Waals surface area contributed by atoms with Gasteiger partial charge in [-0.25, -0.2) is 5.01 Å². The van der Waals surface area contributed by atoms with E-state index in [1.54, 1.807) is 7.11 Å². The van der Waals surface area contributed by atoms with Gasteiger partial charge in [-0.15, -0.1) is 5.17 Å². The molecule has 0 aliphatic carbocycles. The molecule has 2 rings (SSSR count). The maximum atomic E-state index is 4.91. The van der Waals surface area contributed by atoms with E-state index in [4.69, 9.17) is 4.84 Å². The Morgan fingerprint density at radius 3 is 2.71 bits per heavy atom. The molecule has 0 atom stereocenters. The molecule has 0 saturated heterocycles. The van der Waals surface area contributed by atoms with Crippen molar-refractivity contribution in [3.63, 3.8) is 0 Å². The standard InChI is InChI=1S/C9H12N4O/c1-14-13-8-12(10-11-13)7-9-5-3-2-4-6-9/h2-6H,7-8H2,1H3. The normalized spacial score (nSPS) is 15.2. The van der Waals surface area contributed by atoms with Gasteiger partial charge in [-0.05, 0) is 16.0 Å². The van der Waals surface area contributed by atoms with Crippen LogP contribution in [0.15, 0.2) is 40.8 Å². The van der Waals surface area contributed by atoms with E-state index in [1.165, 1.54) is 10.7 Å². The van der Waals surface area contributed by atoms with Crippen LogP contribution in [0.1, 0.15) is 5.56 Å². The van der Waals surface area contributed by atoms with Gasteiger partial charge in [-0.1, -0.05) is 30.3 Å². The minimum Gasteiger partial charge on any atom is -0.257 e. The Kier molecular flexibility index (Phi) is 2.60. The maximum Gasteiger partial charge on any atom is 0.155 e. The highest BCUT2D eigenvalue weighted by Gasteiger charge is 2.14. The summed E-state index contributed by atoms with van der Waals surface area (Å²) >= 11 is 0. The first-order valence-electron chi connectivity index (χ1n) is 4.40. The van der Waals surface area contributed by atoms with Crippen LogP contribution in [0.5, 0.6) is 0 Å². The Labute approximate surface area is 82.5 Å². The predicted octanol–water partition coefficient (Wildman–Crippen LogP) is 1.61. The predicted molar refractivity (Wildman–Crippen MR) is 50.6 cm³/mol. The fourth-order valence-electron chi connectivity index (χ4n) is 1.27. The Bertz CT molecular complexity index is 314. The van der Waals surface area contributed by atoms with Crippen LogP contribution in [0.2, 0.25) is 0 Å². The monoisotopic (exact) mass is 192 g/mol. The molecule has 1 aliphatic heterocycles. The van der Waals surface area contributed by atoms with Crippen LogP contribution < -0.4 is 0 Å². The van der Waals surface area contributed by atoms with Gasteiger partial charge >= 0.3 is 0 Å². The van der Waals surface area contributed by atoms with Gasteiger partial charge in [0.2, 0.25) is 0 Å².